The zero-order chi connectivity index (χ0) is 13.9. The van der Waals surface area contributed by atoms with Crippen molar-refractivity contribution in [2.24, 2.45) is 0 Å². The van der Waals surface area contributed by atoms with Crippen LogP contribution in [0.1, 0.15) is 17.3 Å². The van der Waals surface area contributed by atoms with E-state index >= 15 is 0 Å². The van der Waals surface area contributed by atoms with Crippen molar-refractivity contribution in [3.63, 3.8) is 0 Å². The molecule has 0 spiro atoms. The minimum Gasteiger partial charge on any atom is -0.396 e. The van der Waals surface area contributed by atoms with Crippen LogP contribution in [-0.4, -0.2) is 37.5 Å². The normalized spacial score (nSPS) is 12.6. The Morgan fingerprint density at radius 2 is 1.89 bits per heavy atom. The monoisotopic (exact) mass is 289 g/mol. The van der Waals surface area contributed by atoms with Crippen LogP contribution < -0.4 is 11.1 Å². The van der Waals surface area contributed by atoms with E-state index in [2.05, 4.69) is 5.32 Å². The van der Waals surface area contributed by atoms with E-state index < -0.39 is 0 Å². The first-order valence-electron chi connectivity index (χ1n) is 5.51. The molecule has 1 aromatic carbocycles. The van der Waals surface area contributed by atoms with Crippen molar-refractivity contribution in [3.05, 3.63) is 27.7 Å². The molecule has 0 heterocycles. The zero-order valence-corrected chi connectivity index (χ0v) is 12.1. The SMILES string of the molecule is CC(CN(C)C)NC(=O)c1cc(Cl)c(N)c(Cl)c1. The van der Waals surface area contributed by atoms with Crippen molar-refractivity contribution in [3.8, 4) is 0 Å². The molecular formula is C12H17Cl2N3O. The summed E-state index contributed by atoms with van der Waals surface area (Å²) < 4.78 is 0. The van der Waals surface area contributed by atoms with Crippen LogP contribution in [0.2, 0.25) is 10.0 Å². The van der Waals surface area contributed by atoms with E-state index in [-0.39, 0.29) is 27.7 Å². The molecule has 6 heteroatoms. The highest BCUT2D eigenvalue weighted by Gasteiger charge is 2.13. The fourth-order valence-corrected chi connectivity index (χ4v) is 2.10. The quantitative estimate of drug-likeness (QED) is 0.836. The standard InChI is InChI=1S/C12H17Cl2N3O/c1-7(6-17(2)3)16-12(18)8-4-9(13)11(15)10(14)5-8/h4-5,7H,6,15H2,1-3H3,(H,16,18). The van der Waals surface area contributed by atoms with E-state index in [4.69, 9.17) is 28.9 Å². The molecule has 4 nitrogen and oxygen atoms in total. The molecule has 0 fully saturated rings. The van der Waals surface area contributed by atoms with Gasteiger partial charge in [0, 0.05) is 18.2 Å². The number of nitrogen functional groups attached to an aromatic ring is 1. The Balaban J connectivity index is 2.79. The van der Waals surface area contributed by atoms with Gasteiger partial charge in [-0.15, -0.1) is 0 Å². The molecule has 1 atom stereocenters. The average molecular weight is 290 g/mol. The molecule has 0 radical (unpaired) electrons. The molecule has 0 saturated carbocycles. The van der Waals surface area contributed by atoms with Crippen LogP contribution in [-0.2, 0) is 0 Å². The number of nitrogens with two attached hydrogens (primary N) is 1. The van der Waals surface area contributed by atoms with Crippen LogP contribution in [0, 0.1) is 0 Å². The number of hydrogen-bond acceptors (Lipinski definition) is 3. The van der Waals surface area contributed by atoms with E-state index in [1.54, 1.807) is 0 Å². The number of benzene rings is 1. The molecule has 1 unspecified atom stereocenters. The molecule has 1 rings (SSSR count). The molecule has 0 saturated heterocycles. The summed E-state index contributed by atoms with van der Waals surface area (Å²) in [6, 6.07) is 3.06. The number of halogens is 2. The molecule has 1 aromatic rings. The Hall–Kier alpha value is -0.970. The fraction of sp³-hybridized carbons (Fsp3) is 0.417. The lowest BCUT2D eigenvalue weighted by atomic mass is 10.2. The van der Waals surface area contributed by atoms with Gasteiger partial charge in [-0.3, -0.25) is 4.79 Å². The summed E-state index contributed by atoms with van der Waals surface area (Å²) in [5.41, 5.74) is 6.31. The molecule has 0 aliphatic rings. The molecule has 100 valence electrons. The lowest BCUT2D eigenvalue weighted by Crippen LogP contribution is -2.39. The highest BCUT2D eigenvalue weighted by atomic mass is 35.5. The van der Waals surface area contributed by atoms with Crippen LogP contribution >= 0.6 is 23.2 Å². The number of anilines is 1. The highest BCUT2D eigenvalue weighted by Crippen LogP contribution is 2.28. The van der Waals surface area contributed by atoms with Crippen molar-refractivity contribution < 1.29 is 4.79 Å². The molecule has 3 N–H and O–H groups in total. The van der Waals surface area contributed by atoms with Gasteiger partial charge in [-0.1, -0.05) is 23.2 Å². The van der Waals surface area contributed by atoms with Gasteiger partial charge in [-0.25, -0.2) is 0 Å². The Bertz CT molecular complexity index is 426. The van der Waals surface area contributed by atoms with E-state index in [1.165, 1.54) is 12.1 Å². The van der Waals surface area contributed by atoms with Crippen LogP contribution in [0.5, 0.6) is 0 Å². The number of amides is 1. The van der Waals surface area contributed by atoms with Crippen molar-refractivity contribution in [2.45, 2.75) is 13.0 Å². The molecular weight excluding hydrogens is 273 g/mol. The number of carbonyl (C=O) groups is 1. The lowest BCUT2D eigenvalue weighted by molar-refractivity contribution is 0.0934. The van der Waals surface area contributed by atoms with Gasteiger partial charge in [-0.05, 0) is 33.2 Å². The zero-order valence-electron chi connectivity index (χ0n) is 10.6. The number of likely N-dealkylation sites (N-methyl/N-ethyl adjacent to an activating group) is 1. The predicted octanol–water partition coefficient (Wildman–Crippen LogP) is 2.26. The summed E-state index contributed by atoms with van der Waals surface area (Å²) in [7, 11) is 3.89. The maximum absolute atomic E-state index is 12.0. The Morgan fingerprint density at radius 3 is 2.33 bits per heavy atom. The van der Waals surface area contributed by atoms with E-state index in [0.717, 1.165) is 6.54 Å². The molecule has 0 aliphatic carbocycles. The number of nitrogens with zero attached hydrogens (tertiary/aromatic N) is 1. The Kier molecular flexibility index (Phi) is 5.26. The minimum atomic E-state index is -0.215. The summed E-state index contributed by atoms with van der Waals surface area (Å²) in [4.78, 5) is 14.0. The summed E-state index contributed by atoms with van der Waals surface area (Å²) in [6.45, 7) is 2.68. The summed E-state index contributed by atoms with van der Waals surface area (Å²) in [5.74, 6) is -0.215. The van der Waals surface area contributed by atoms with E-state index in [0.29, 0.717) is 5.56 Å². The first kappa shape index (κ1) is 15.1. The fourth-order valence-electron chi connectivity index (χ4n) is 1.62. The van der Waals surface area contributed by atoms with Gasteiger partial charge in [0.1, 0.15) is 0 Å². The van der Waals surface area contributed by atoms with Crippen LogP contribution in [0.25, 0.3) is 0 Å². The summed E-state index contributed by atoms with van der Waals surface area (Å²) in [6.07, 6.45) is 0. The van der Waals surface area contributed by atoms with E-state index in [1.807, 2.05) is 25.9 Å². The third-order valence-electron chi connectivity index (χ3n) is 2.36. The molecule has 0 aromatic heterocycles. The average Bonchev–Trinajstić information content (AvgIpc) is 2.23. The van der Waals surface area contributed by atoms with Crippen molar-refractivity contribution in [1.82, 2.24) is 10.2 Å². The van der Waals surface area contributed by atoms with E-state index in [9.17, 15) is 4.79 Å². The molecule has 0 bridgehead atoms. The Morgan fingerprint density at radius 1 is 1.39 bits per heavy atom. The van der Waals surface area contributed by atoms with Gasteiger partial charge < -0.3 is 16.0 Å². The predicted molar refractivity (Wildman–Crippen MR) is 76.4 cm³/mol. The highest BCUT2D eigenvalue weighted by molar-refractivity contribution is 6.39. The van der Waals surface area contributed by atoms with Gasteiger partial charge in [0.2, 0.25) is 0 Å². The maximum Gasteiger partial charge on any atom is 0.251 e. The van der Waals surface area contributed by atoms with Crippen molar-refractivity contribution >= 4 is 34.8 Å². The second-order valence-corrected chi connectivity index (χ2v) is 5.30. The van der Waals surface area contributed by atoms with Crippen LogP contribution in [0.4, 0.5) is 5.69 Å². The maximum atomic E-state index is 12.0. The van der Waals surface area contributed by atoms with Crippen LogP contribution in [0.15, 0.2) is 12.1 Å². The third-order valence-corrected chi connectivity index (χ3v) is 2.98. The van der Waals surface area contributed by atoms with Crippen molar-refractivity contribution in [2.75, 3.05) is 26.4 Å². The third kappa shape index (κ3) is 4.05. The van der Waals surface area contributed by atoms with Gasteiger partial charge >= 0.3 is 0 Å². The second-order valence-electron chi connectivity index (χ2n) is 4.49. The Labute approximate surface area is 117 Å². The number of hydrogen-bond donors (Lipinski definition) is 2. The minimum absolute atomic E-state index is 0.0302. The summed E-state index contributed by atoms with van der Waals surface area (Å²) in [5, 5.41) is 3.43. The lowest BCUT2D eigenvalue weighted by Gasteiger charge is -2.18. The van der Waals surface area contributed by atoms with Gasteiger partial charge in [0.15, 0.2) is 0 Å². The molecule has 0 aliphatic heterocycles. The van der Waals surface area contributed by atoms with Crippen LogP contribution in [0.3, 0.4) is 0 Å². The summed E-state index contributed by atoms with van der Waals surface area (Å²) >= 11 is 11.8. The van der Waals surface area contributed by atoms with Gasteiger partial charge in [0.25, 0.3) is 5.91 Å². The van der Waals surface area contributed by atoms with Gasteiger partial charge in [0.05, 0.1) is 15.7 Å². The number of carbonyl (C=O) groups excluding carboxylic acids is 1. The van der Waals surface area contributed by atoms with Gasteiger partial charge in [-0.2, -0.15) is 0 Å². The smallest absolute Gasteiger partial charge is 0.251 e. The first-order chi connectivity index (χ1) is 8.31. The molecule has 18 heavy (non-hydrogen) atoms. The first-order valence-corrected chi connectivity index (χ1v) is 6.27. The number of nitrogens with one attached hydrogen (secondary N) is 1. The largest absolute Gasteiger partial charge is 0.396 e. The topological polar surface area (TPSA) is 58.4 Å². The molecule has 1 amide bonds. The number of rotatable bonds is 4. The second kappa shape index (κ2) is 6.27. The van der Waals surface area contributed by atoms with Crippen molar-refractivity contribution in [1.29, 1.82) is 0 Å².